The maximum Gasteiger partial charge on any atom is 0.284 e. The molecule has 19 heteroatoms. The lowest BCUT2D eigenvalue weighted by Crippen LogP contribution is -2.49. The van der Waals surface area contributed by atoms with E-state index in [1.165, 1.54) is 16.9 Å². The number of rotatable bonds is 11. The van der Waals surface area contributed by atoms with Crippen molar-refractivity contribution in [1.82, 2.24) is 39.5 Å². The Bertz CT molecular complexity index is 2490. The van der Waals surface area contributed by atoms with Crippen molar-refractivity contribution in [2.24, 2.45) is 5.92 Å². The van der Waals surface area contributed by atoms with Crippen LogP contribution in [-0.4, -0.2) is 122 Å². The second kappa shape index (κ2) is 16.2. The van der Waals surface area contributed by atoms with Crippen molar-refractivity contribution in [1.29, 1.82) is 0 Å². The number of fused-ring (bicyclic) bond motifs is 4. The standard InChI is InChI=1S/C42H47F2N11O6/c43-39(44)38-33(47-42(59)31-17-45-54-10-9-35(48-40(31)54)53-19-28-16-27(53)22-60-28)20-55(50-38)26-4-1-24(2-5-26)18-51-11-13-52(14-12-51)21-37(57)46-25-3-6-29-32(23-61-34(29)15-25)30-7-8-36(56)49-41(30)58/h3,6,9-10,15,17,20,23-24,26-28,30,39H,1-2,4-5,7-8,11-14,16,18-19,21-22H2,(H,46,57)(H,47,59)(H,49,56,58)/t24?,26?,27-,28-,30+/m0/s1. The van der Waals surface area contributed by atoms with Crippen molar-refractivity contribution in [3.63, 3.8) is 0 Å². The van der Waals surface area contributed by atoms with Crippen LogP contribution in [0.2, 0.25) is 0 Å². The molecule has 3 atom stereocenters. The number of morpholine rings is 1. The molecule has 3 N–H and O–H groups in total. The fourth-order valence-corrected chi connectivity index (χ4v) is 9.78. The van der Waals surface area contributed by atoms with Crippen molar-refractivity contribution in [3.8, 4) is 0 Å². The number of nitrogens with one attached hydrogen (secondary N) is 3. The SMILES string of the molecule is O=C1CC[C@H](c2coc3cc(NC(=O)CN4CCN(CC5CCC(n6cc(NC(=O)c7cnn8ccc(N9C[C@@H]%10C[C@H]9CO%10)nc78)c(C(F)F)n6)CC5)CC4)ccc23)C(=O)N1. The number of ether oxygens (including phenoxy) is 1. The highest BCUT2D eigenvalue weighted by Crippen LogP contribution is 2.37. The van der Waals surface area contributed by atoms with Crippen LogP contribution in [0.3, 0.4) is 0 Å². The van der Waals surface area contributed by atoms with Crippen molar-refractivity contribution in [3.05, 3.63) is 65.9 Å². The summed E-state index contributed by atoms with van der Waals surface area (Å²) in [5.41, 5.74) is 1.96. The Morgan fingerprint density at radius 1 is 0.984 bits per heavy atom. The van der Waals surface area contributed by atoms with Crippen molar-refractivity contribution in [2.45, 2.75) is 75.5 Å². The molecule has 10 rings (SSSR count). The molecule has 5 aromatic rings. The van der Waals surface area contributed by atoms with Gasteiger partial charge in [0.25, 0.3) is 12.3 Å². The quantitative estimate of drug-likeness (QED) is 0.160. The number of amides is 4. The molecule has 320 valence electrons. The van der Waals surface area contributed by atoms with Crippen LogP contribution in [0.15, 0.2) is 53.5 Å². The summed E-state index contributed by atoms with van der Waals surface area (Å²) in [6, 6.07) is 7.42. The number of piperazine rings is 1. The molecule has 4 saturated heterocycles. The average molecular weight is 840 g/mol. The number of piperidine rings is 1. The lowest BCUT2D eigenvalue weighted by atomic mass is 9.85. The molecule has 4 aromatic heterocycles. The number of halogens is 2. The minimum atomic E-state index is -2.87. The van der Waals surface area contributed by atoms with E-state index < -0.39 is 23.9 Å². The van der Waals surface area contributed by atoms with Crippen LogP contribution in [0.25, 0.3) is 16.6 Å². The second-order valence-corrected chi connectivity index (χ2v) is 17.0. The zero-order valence-electron chi connectivity index (χ0n) is 33.5. The van der Waals surface area contributed by atoms with Gasteiger partial charge < -0.3 is 29.6 Å². The van der Waals surface area contributed by atoms with Crippen LogP contribution in [-0.2, 0) is 19.1 Å². The first-order chi connectivity index (χ1) is 29.6. The average Bonchev–Trinajstić information content (AvgIpc) is 4.11. The van der Waals surface area contributed by atoms with Gasteiger partial charge in [-0.3, -0.25) is 34.1 Å². The number of hydrogen-bond acceptors (Lipinski definition) is 12. The molecule has 17 nitrogen and oxygen atoms in total. The summed E-state index contributed by atoms with van der Waals surface area (Å²) in [7, 11) is 0. The fraction of sp³-hybridized carbons (Fsp3) is 0.500. The largest absolute Gasteiger partial charge is 0.464 e. The number of furan rings is 1. The predicted molar refractivity (Wildman–Crippen MR) is 217 cm³/mol. The summed E-state index contributed by atoms with van der Waals surface area (Å²) in [5.74, 6) is -0.562. The number of aromatic nitrogens is 5. The van der Waals surface area contributed by atoms with Crippen LogP contribution in [0.1, 0.15) is 84.9 Å². The van der Waals surface area contributed by atoms with Gasteiger partial charge in [-0.2, -0.15) is 10.2 Å². The summed E-state index contributed by atoms with van der Waals surface area (Å²) < 4.78 is 43.1. The molecule has 0 unspecified atom stereocenters. The van der Waals surface area contributed by atoms with E-state index in [0.717, 1.165) is 88.1 Å². The van der Waals surface area contributed by atoms with E-state index in [1.807, 2.05) is 12.1 Å². The topological polar surface area (TPSA) is 184 Å². The van der Waals surface area contributed by atoms with E-state index in [9.17, 15) is 28.0 Å². The molecule has 4 aliphatic heterocycles. The lowest BCUT2D eigenvalue weighted by molar-refractivity contribution is -0.134. The molecule has 5 aliphatic rings. The van der Waals surface area contributed by atoms with Crippen LogP contribution < -0.4 is 20.9 Å². The smallest absolute Gasteiger partial charge is 0.284 e. The maximum absolute atomic E-state index is 14.3. The summed E-state index contributed by atoms with van der Waals surface area (Å²) in [5, 5.41) is 17.4. The van der Waals surface area contributed by atoms with Crippen LogP contribution in [0.5, 0.6) is 0 Å². The molecule has 0 spiro atoms. The maximum atomic E-state index is 14.3. The summed E-state index contributed by atoms with van der Waals surface area (Å²) in [6.45, 7) is 5.76. The molecule has 1 aliphatic carbocycles. The number of nitrogens with zero attached hydrogens (tertiary/aromatic N) is 8. The minimum absolute atomic E-state index is 0.0163. The van der Waals surface area contributed by atoms with Gasteiger partial charge in [-0.1, -0.05) is 0 Å². The predicted octanol–water partition coefficient (Wildman–Crippen LogP) is 4.35. The normalized spacial score (nSPS) is 24.9. The summed E-state index contributed by atoms with van der Waals surface area (Å²) >= 11 is 0. The highest BCUT2D eigenvalue weighted by Gasteiger charge is 2.40. The molecule has 0 radical (unpaired) electrons. The molecule has 4 amide bonds. The Morgan fingerprint density at radius 3 is 2.56 bits per heavy atom. The van der Waals surface area contributed by atoms with Gasteiger partial charge in [-0.25, -0.2) is 18.3 Å². The van der Waals surface area contributed by atoms with E-state index >= 15 is 0 Å². The van der Waals surface area contributed by atoms with E-state index in [-0.39, 0.29) is 60.1 Å². The van der Waals surface area contributed by atoms with Crippen LogP contribution in [0, 0.1) is 5.92 Å². The van der Waals surface area contributed by atoms with E-state index in [4.69, 9.17) is 14.1 Å². The number of imide groups is 1. The third-order valence-corrected chi connectivity index (χ3v) is 13.1. The molecule has 61 heavy (non-hydrogen) atoms. The highest BCUT2D eigenvalue weighted by molar-refractivity contribution is 6.08. The third kappa shape index (κ3) is 7.96. The van der Waals surface area contributed by atoms with Gasteiger partial charge in [0.2, 0.25) is 17.7 Å². The molecule has 1 aromatic carbocycles. The Morgan fingerprint density at radius 2 is 1.80 bits per heavy atom. The number of anilines is 3. The second-order valence-electron chi connectivity index (χ2n) is 17.0. The van der Waals surface area contributed by atoms with Gasteiger partial charge >= 0.3 is 0 Å². The van der Waals surface area contributed by atoms with Gasteiger partial charge in [0, 0.05) is 80.8 Å². The minimum Gasteiger partial charge on any atom is -0.464 e. The number of benzene rings is 1. The fourth-order valence-electron chi connectivity index (χ4n) is 9.78. The van der Waals surface area contributed by atoms with Gasteiger partial charge in [-0.05, 0) is 62.6 Å². The van der Waals surface area contributed by atoms with E-state index in [1.54, 1.807) is 29.3 Å². The number of alkyl halides is 2. The highest BCUT2D eigenvalue weighted by atomic mass is 19.3. The first-order valence-corrected chi connectivity index (χ1v) is 21.1. The number of hydrogen-bond donors (Lipinski definition) is 3. The molecule has 5 fully saturated rings. The Labute approximate surface area is 348 Å². The summed E-state index contributed by atoms with van der Waals surface area (Å²) in [4.78, 5) is 62.0. The monoisotopic (exact) mass is 839 g/mol. The zero-order valence-corrected chi connectivity index (χ0v) is 33.5. The summed E-state index contributed by atoms with van der Waals surface area (Å²) in [6.07, 6.45) is 8.62. The van der Waals surface area contributed by atoms with Gasteiger partial charge in [0.1, 0.15) is 17.0 Å². The van der Waals surface area contributed by atoms with Crippen LogP contribution >= 0.6 is 0 Å². The van der Waals surface area contributed by atoms with Gasteiger partial charge in [0.15, 0.2) is 11.3 Å². The lowest BCUT2D eigenvalue weighted by Gasteiger charge is -2.38. The molecular weight excluding hydrogens is 793 g/mol. The van der Waals surface area contributed by atoms with Crippen molar-refractivity contribution in [2.75, 3.05) is 68.0 Å². The first-order valence-electron chi connectivity index (χ1n) is 21.1. The molecular formula is C42H47F2N11O6. The molecule has 2 bridgehead atoms. The third-order valence-electron chi connectivity index (χ3n) is 13.1. The van der Waals surface area contributed by atoms with E-state index in [0.29, 0.717) is 35.9 Å². The Balaban J connectivity index is 0.689. The van der Waals surface area contributed by atoms with Crippen LogP contribution in [0.4, 0.5) is 26.0 Å². The van der Waals surface area contributed by atoms with E-state index in [2.05, 4.69) is 40.8 Å². The van der Waals surface area contributed by atoms with Crippen molar-refractivity contribution >= 4 is 57.4 Å². The number of carbonyl (C=O) groups is 4. The van der Waals surface area contributed by atoms with Gasteiger partial charge in [0.05, 0.1) is 55.4 Å². The van der Waals surface area contributed by atoms with Crippen molar-refractivity contribution < 1.29 is 37.1 Å². The first kappa shape index (κ1) is 39.4. The Hall–Kier alpha value is -5.79. The molecule has 8 heterocycles. The molecule has 1 saturated carbocycles. The Kier molecular flexibility index (Phi) is 10.5. The number of carbonyl (C=O) groups excluding carboxylic acids is 4. The van der Waals surface area contributed by atoms with Gasteiger partial charge in [-0.15, -0.1) is 0 Å². The zero-order chi connectivity index (χ0) is 41.8.